The summed E-state index contributed by atoms with van der Waals surface area (Å²) in [7, 11) is 1.38. The van der Waals surface area contributed by atoms with Crippen molar-refractivity contribution in [2.75, 3.05) is 31.8 Å². The number of hydrogen-bond donors (Lipinski definition) is 0. The molecule has 3 heterocycles. The highest BCUT2D eigenvalue weighted by atomic mass is 35.5. The van der Waals surface area contributed by atoms with Crippen LogP contribution in [-0.4, -0.2) is 48.8 Å². The third-order valence-electron chi connectivity index (χ3n) is 4.63. The fourth-order valence-electron chi connectivity index (χ4n) is 3.31. The highest BCUT2D eigenvalue weighted by molar-refractivity contribution is 7.18. The second-order valence-electron chi connectivity index (χ2n) is 6.30. The minimum atomic E-state index is -0.382. The SMILES string of the molecule is COC(=O)c1ccccc1-c1csc2c(N3CCOC[C@H]3C)nc(Cl)nc12. The van der Waals surface area contributed by atoms with E-state index in [1.54, 1.807) is 17.4 Å². The van der Waals surface area contributed by atoms with E-state index in [2.05, 4.69) is 21.8 Å². The molecule has 140 valence electrons. The average molecular weight is 404 g/mol. The van der Waals surface area contributed by atoms with Crippen molar-refractivity contribution >= 4 is 44.9 Å². The smallest absolute Gasteiger partial charge is 0.338 e. The van der Waals surface area contributed by atoms with Gasteiger partial charge < -0.3 is 14.4 Å². The van der Waals surface area contributed by atoms with Crippen LogP contribution in [0, 0.1) is 0 Å². The van der Waals surface area contributed by atoms with Crippen LogP contribution in [0.3, 0.4) is 0 Å². The lowest BCUT2D eigenvalue weighted by molar-refractivity contribution is 0.0601. The molecule has 1 aliphatic rings. The van der Waals surface area contributed by atoms with Crippen LogP contribution in [0.4, 0.5) is 5.82 Å². The molecular weight excluding hydrogens is 386 g/mol. The zero-order chi connectivity index (χ0) is 19.0. The number of aromatic nitrogens is 2. The zero-order valence-corrected chi connectivity index (χ0v) is 16.5. The average Bonchev–Trinajstić information content (AvgIpc) is 3.10. The Morgan fingerprint density at radius 1 is 1.33 bits per heavy atom. The lowest BCUT2D eigenvalue weighted by Gasteiger charge is -2.34. The zero-order valence-electron chi connectivity index (χ0n) is 14.9. The maximum absolute atomic E-state index is 12.2. The molecule has 1 aliphatic heterocycles. The Morgan fingerprint density at radius 2 is 2.15 bits per heavy atom. The predicted octanol–water partition coefficient (Wildman–Crippen LogP) is 4.02. The third-order valence-corrected chi connectivity index (χ3v) is 5.77. The minimum absolute atomic E-state index is 0.186. The summed E-state index contributed by atoms with van der Waals surface area (Å²) < 4.78 is 11.4. The van der Waals surface area contributed by atoms with E-state index in [4.69, 9.17) is 21.1 Å². The third kappa shape index (κ3) is 3.26. The maximum atomic E-state index is 12.2. The molecule has 27 heavy (non-hydrogen) atoms. The lowest BCUT2D eigenvalue weighted by atomic mass is 10.0. The number of benzene rings is 1. The summed E-state index contributed by atoms with van der Waals surface area (Å²) in [5, 5.41) is 2.18. The summed E-state index contributed by atoms with van der Waals surface area (Å²) in [6.45, 7) is 4.14. The Hall–Kier alpha value is -2.22. The molecule has 0 saturated carbocycles. The number of carbonyl (C=O) groups excluding carboxylic acids is 1. The van der Waals surface area contributed by atoms with Gasteiger partial charge in [-0.3, -0.25) is 0 Å². The number of rotatable bonds is 3. The molecule has 0 unspecified atom stereocenters. The number of morpholine rings is 1. The van der Waals surface area contributed by atoms with Crippen molar-refractivity contribution in [1.82, 2.24) is 9.97 Å². The van der Waals surface area contributed by atoms with Crippen molar-refractivity contribution in [1.29, 1.82) is 0 Å². The number of thiophene rings is 1. The monoisotopic (exact) mass is 403 g/mol. The van der Waals surface area contributed by atoms with Crippen molar-refractivity contribution in [3.05, 3.63) is 40.5 Å². The summed E-state index contributed by atoms with van der Waals surface area (Å²) in [6.07, 6.45) is 0. The van der Waals surface area contributed by atoms with Crippen molar-refractivity contribution in [3.8, 4) is 11.1 Å². The van der Waals surface area contributed by atoms with Gasteiger partial charge in [0.2, 0.25) is 5.28 Å². The van der Waals surface area contributed by atoms with Gasteiger partial charge in [-0.2, -0.15) is 4.98 Å². The number of esters is 1. The molecule has 1 aromatic carbocycles. The number of methoxy groups -OCH3 is 1. The second kappa shape index (κ2) is 7.42. The fraction of sp³-hybridized carbons (Fsp3) is 0.316. The number of fused-ring (bicyclic) bond motifs is 1. The van der Waals surface area contributed by atoms with Crippen LogP contribution in [0.25, 0.3) is 21.3 Å². The first-order valence-electron chi connectivity index (χ1n) is 8.57. The number of anilines is 1. The summed E-state index contributed by atoms with van der Waals surface area (Å²) in [4.78, 5) is 23.4. The summed E-state index contributed by atoms with van der Waals surface area (Å²) in [6, 6.07) is 7.53. The van der Waals surface area contributed by atoms with Gasteiger partial charge in [0.05, 0.1) is 42.1 Å². The first-order chi connectivity index (χ1) is 13.1. The van der Waals surface area contributed by atoms with Crippen LogP contribution in [0.5, 0.6) is 0 Å². The van der Waals surface area contributed by atoms with Crippen molar-refractivity contribution < 1.29 is 14.3 Å². The van der Waals surface area contributed by atoms with Gasteiger partial charge in [-0.15, -0.1) is 11.3 Å². The highest BCUT2D eigenvalue weighted by Gasteiger charge is 2.25. The van der Waals surface area contributed by atoms with Crippen LogP contribution in [-0.2, 0) is 9.47 Å². The number of carbonyl (C=O) groups is 1. The molecule has 4 rings (SSSR count). The van der Waals surface area contributed by atoms with Crippen LogP contribution in [0.1, 0.15) is 17.3 Å². The molecule has 0 radical (unpaired) electrons. The Morgan fingerprint density at radius 3 is 2.93 bits per heavy atom. The van der Waals surface area contributed by atoms with E-state index in [0.29, 0.717) is 18.8 Å². The standard InChI is InChI=1S/C19H18ClN3O3S/c1-11-9-26-8-7-23(11)17-16-15(21-19(20)22-17)14(10-27-16)12-5-3-4-6-13(12)18(24)25-2/h3-6,10-11H,7-9H2,1-2H3/t11-/m1/s1. The van der Waals surface area contributed by atoms with Gasteiger partial charge in [-0.05, 0) is 30.2 Å². The van der Waals surface area contributed by atoms with Gasteiger partial charge in [-0.1, -0.05) is 18.2 Å². The second-order valence-corrected chi connectivity index (χ2v) is 7.52. The van der Waals surface area contributed by atoms with Crippen LogP contribution >= 0.6 is 22.9 Å². The molecule has 0 N–H and O–H groups in total. The van der Waals surface area contributed by atoms with E-state index in [1.165, 1.54) is 7.11 Å². The quantitative estimate of drug-likeness (QED) is 0.486. The van der Waals surface area contributed by atoms with Gasteiger partial charge in [0.1, 0.15) is 0 Å². The maximum Gasteiger partial charge on any atom is 0.338 e. The number of nitrogens with zero attached hydrogens (tertiary/aromatic N) is 3. The van der Waals surface area contributed by atoms with Crippen LogP contribution in [0.2, 0.25) is 5.28 Å². The molecule has 6 nitrogen and oxygen atoms in total. The molecule has 1 saturated heterocycles. The molecule has 0 bridgehead atoms. The number of halogens is 1. The lowest BCUT2D eigenvalue weighted by Crippen LogP contribution is -2.44. The Bertz CT molecular complexity index is 1010. The van der Waals surface area contributed by atoms with Crippen molar-refractivity contribution in [3.63, 3.8) is 0 Å². The van der Waals surface area contributed by atoms with Crippen molar-refractivity contribution in [2.45, 2.75) is 13.0 Å². The van der Waals surface area contributed by atoms with E-state index >= 15 is 0 Å². The molecule has 8 heteroatoms. The van der Waals surface area contributed by atoms with Crippen LogP contribution in [0.15, 0.2) is 29.6 Å². The van der Waals surface area contributed by atoms with E-state index in [9.17, 15) is 4.79 Å². The minimum Gasteiger partial charge on any atom is -0.465 e. The van der Waals surface area contributed by atoms with E-state index in [-0.39, 0.29) is 17.3 Å². The van der Waals surface area contributed by atoms with Gasteiger partial charge in [-0.25, -0.2) is 9.78 Å². The Labute approximate surface area is 165 Å². The van der Waals surface area contributed by atoms with Gasteiger partial charge in [0.25, 0.3) is 0 Å². The van der Waals surface area contributed by atoms with E-state index in [1.807, 2.05) is 23.6 Å². The van der Waals surface area contributed by atoms with Crippen molar-refractivity contribution in [2.24, 2.45) is 0 Å². The topological polar surface area (TPSA) is 64.5 Å². The number of ether oxygens (including phenoxy) is 2. The summed E-state index contributed by atoms with van der Waals surface area (Å²) in [5.74, 6) is 0.430. The first kappa shape index (κ1) is 18.2. The Balaban J connectivity index is 1.90. The van der Waals surface area contributed by atoms with Gasteiger partial charge >= 0.3 is 5.97 Å². The normalized spacial score (nSPS) is 17.3. The first-order valence-corrected chi connectivity index (χ1v) is 9.82. The highest BCUT2D eigenvalue weighted by Crippen LogP contribution is 2.40. The molecule has 1 atom stereocenters. The molecule has 0 spiro atoms. The van der Waals surface area contributed by atoms with E-state index < -0.39 is 0 Å². The number of hydrogen-bond acceptors (Lipinski definition) is 7. The molecule has 3 aromatic rings. The predicted molar refractivity (Wildman–Crippen MR) is 107 cm³/mol. The Kier molecular flexibility index (Phi) is 4.99. The molecule has 0 aliphatic carbocycles. The molecule has 0 amide bonds. The van der Waals surface area contributed by atoms with E-state index in [0.717, 1.165) is 33.7 Å². The largest absolute Gasteiger partial charge is 0.465 e. The molecular formula is C19H18ClN3O3S. The molecule has 1 fully saturated rings. The van der Waals surface area contributed by atoms with Gasteiger partial charge in [0.15, 0.2) is 5.82 Å². The fourth-order valence-corrected chi connectivity index (χ4v) is 4.48. The van der Waals surface area contributed by atoms with Crippen LogP contribution < -0.4 is 4.90 Å². The molecule has 2 aromatic heterocycles. The summed E-state index contributed by atoms with van der Waals surface area (Å²) in [5.41, 5.74) is 2.86. The summed E-state index contributed by atoms with van der Waals surface area (Å²) >= 11 is 7.82. The van der Waals surface area contributed by atoms with Gasteiger partial charge in [0, 0.05) is 17.5 Å².